The van der Waals surface area contributed by atoms with Crippen molar-refractivity contribution in [2.24, 2.45) is 11.7 Å². The molecule has 2 atom stereocenters. The van der Waals surface area contributed by atoms with Gasteiger partial charge in [0.1, 0.15) is 5.75 Å². The van der Waals surface area contributed by atoms with Crippen LogP contribution in [0.4, 0.5) is 0 Å². The Bertz CT molecular complexity index is 369. The van der Waals surface area contributed by atoms with Crippen molar-refractivity contribution in [3.63, 3.8) is 0 Å². The fourth-order valence-corrected chi connectivity index (χ4v) is 3.06. The minimum Gasteiger partial charge on any atom is -0.497 e. The average Bonchev–Trinajstić information content (AvgIpc) is 2.46. The van der Waals surface area contributed by atoms with Crippen LogP contribution in [0, 0.1) is 5.92 Å². The molecule has 1 aliphatic rings. The summed E-state index contributed by atoms with van der Waals surface area (Å²) in [6, 6.07) is 8.87. The van der Waals surface area contributed by atoms with Crippen LogP contribution < -0.4 is 10.5 Å². The van der Waals surface area contributed by atoms with Crippen LogP contribution in [-0.2, 0) is 0 Å². The molecule has 1 fully saturated rings. The van der Waals surface area contributed by atoms with Crippen LogP contribution in [0.1, 0.15) is 31.4 Å². The molecule has 0 amide bonds. The fourth-order valence-electron chi connectivity index (χ4n) is 3.06. The lowest BCUT2D eigenvalue weighted by Crippen LogP contribution is -2.41. The van der Waals surface area contributed by atoms with Gasteiger partial charge in [-0.15, -0.1) is 0 Å². The zero-order valence-electron chi connectivity index (χ0n) is 11.4. The maximum atomic E-state index is 5.96. The van der Waals surface area contributed by atoms with E-state index in [2.05, 4.69) is 30.0 Å². The highest BCUT2D eigenvalue weighted by molar-refractivity contribution is 5.31. The molecule has 0 aliphatic carbocycles. The summed E-state index contributed by atoms with van der Waals surface area (Å²) in [7, 11) is 1.72. The van der Waals surface area contributed by atoms with Crippen molar-refractivity contribution in [2.75, 3.05) is 26.7 Å². The Morgan fingerprint density at radius 3 is 2.94 bits per heavy atom. The molecule has 0 spiro atoms. The molecule has 2 N–H and O–H groups in total. The summed E-state index contributed by atoms with van der Waals surface area (Å²) in [6.07, 6.45) is 2.49. The molecular weight excluding hydrogens is 224 g/mol. The second kappa shape index (κ2) is 6.21. The molecule has 0 radical (unpaired) electrons. The van der Waals surface area contributed by atoms with Gasteiger partial charge in [0.25, 0.3) is 0 Å². The van der Waals surface area contributed by atoms with Crippen LogP contribution in [0.15, 0.2) is 24.3 Å². The summed E-state index contributed by atoms with van der Waals surface area (Å²) in [6.45, 7) is 5.25. The second-order valence-corrected chi connectivity index (χ2v) is 4.99. The number of nitrogens with zero attached hydrogens (tertiary/aromatic N) is 1. The Morgan fingerprint density at radius 2 is 2.28 bits per heavy atom. The van der Waals surface area contributed by atoms with Crippen molar-refractivity contribution < 1.29 is 4.74 Å². The molecule has 100 valence electrons. The molecule has 1 heterocycles. The van der Waals surface area contributed by atoms with Gasteiger partial charge in [0, 0.05) is 6.04 Å². The van der Waals surface area contributed by atoms with Crippen molar-refractivity contribution in [2.45, 2.75) is 25.8 Å². The summed E-state index contributed by atoms with van der Waals surface area (Å²) >= 11 is 0. The van der Waals surface area contributed by atoms with E-state index in [9.17, 15) is 0 Å². The van der Waals surface area contributed by atoms with Crippen LogP contribution in [0.2, 0.25) is 0 Å². The third-order valence-corrected chi connectivity index (χ3v) is 4.00. The first-order chi connectivity index (χ1) is 8.80. The van der Waals surface area contributed by atoms with Gasteiger partial charge in [-0.1, -0.05) is 19.1 Å². The first-order valence-corrected chi connectivity index (χ1v) is 6.88. The molecule has 2 unspecified atom stereocenters. The smallest absolute Gasteiger partial charge is 0.119 e. The van der Waals surface area contributed by atoms with Crippen molar-refractivity contribution >= 4 is 0 Å². The number of hydrogen-bond donors (Lipinski definition) is 1. The van der Waals surface area contributed by atoms with Crippen LogP contribution in [0.5, 0.6) is 5.75 Å². The number of rotatable bonds is 4. The Hall–Kier alpha value is -1.06. The number of benzene rings is 1. The molecule has 2 rings (SSSR count). The molecule has 3 nitrogen and oxygen atoms in total. The fraction of sp³-hybridized carbons (Fsp3) is 0.600. The predicted molar refractivity (Wildman–Crippen MR) is 74.8 cm³/mol. The largest absolute Gasteiger partial charge is 0.497 e. The number of piperidine rings is 1. The van der Waals surface area contributed by atoms with Crippen molar-refractivity contribution in [3.8, 4) is 5.75 Å². The lowest BCUT2D eigenvalue weighted by atomic mass is 9.84. The summed E-state index contributed by atoms with van der Waals surface area (Å²) < 4.78 is 5.33. The van der Waals surface area contributed by atoms with Gasteiger partial charge in [-0.25, -0.2) is 0 Å². The van der Waals surface area contributed by atoms with Gasteiger partial charge < -0.3 is 10.5 Å². The van der Waals surface area contributed by atoms with Crippen LogP contribution >= 0.6 is 0 Å². The maximum Gasteiger partial charge on any atom is 0.119 e. The van der Waals surface area contributed by atoms with Crippen LogP contribution in [0.3, 0.4) is 0 Å². The maximum absolute atomic E-state index is 5.96. The first kappa shape index (κ1) is 13.4. The van der Waals surface area contributed by atoms with Crippen molar-refractivity contribution in [1.82, 2.24) is 4.90 Å². The van der Waals surface area contributed by atoms with E-state index in [1.165, 1.54) is 24.9 Å². The van der Waals surface area contributed by atoms with Gasteiger partial charge in [0.15, 0.2) is 0 Å². The molecule has 1 saturated heterocycles. The lowest BCUT2D eigenvalue weighted by Gasteiger charge is -2.41. The number of likely N-dealkylation sites (tertiary alicyclic amines) is 1. The van der Waals surface area contributed by atoms with Gasteiger partial charge in [-0.2, -0.15) is 0 Å². The number of methoxy groups -OCH3 is 1. The van der Waals surface area contributed by atoms with E-state index in [1.54, 1.807) is 7.11 Å². The van der Waals surface area contributed by atoms with E-state index >= 15 is 0 Å². The highest BCUT2D eigenvalue weighted by atomic mass is 16.5. The summed E-state index contributed by atoms with van der Waals surface area (Å²) in [5.41, 5.74) is 7.30. The minimum absolute atomic E-state index is 0.448. The number of hydrogen-bond acceptors (Lipinski definition) is 3. The van der Waals surface area contributed by atoms with E-state index < -0.39 is 0 Å². The number of nitrogens with two attached hydrogens (primary N) is 1. The highest BCUT2D eigenvalue weighted by Gasteiger charge is 2.30. The normalized spacial score (nSPS) is 25.1. The quantitative estimate of drug-likeness (QED) is 0.889. The van der Waals surface area contributed by atoms with Crippen molar-refractivity contribution in [1.29, 1.82) is 0 Å². The summed E-state index contributed by atoms with van der Waals surface area (Å²) in [5, 5.41) is 0. The van der Waals surface area contributed by atoms with Crippen LogP contribution in [0.25, 0.3) is 0 Å². The molecule has 0 aromatic heterocycles. The van der Waals surface area contributed by atoms with E-state index in [0.29, 0.717) is 12.0 Å². The topological polar surface area (TPSA) is 38.5 Å². The SMILES string of the molecule is CCN1CCCC(CN)C1c1cccc(OC)c1. The molecule has 1 aliphatic heterocycles. The predicted octanol–water partition coefficient (Wildman–Crippen LogP) is 2.43. The van der Waals surface area contributed by atoms with Crippen molar-refractivity contribution in [3.05, 3.63) is 29.8 Å². The van der Waals surface area contributed by atoms with Gasteiger partial charge in [-0.3, -0.25) is 4.90 Å². The summed E-state index contributed by atoms with van der Waals surface area (Å²) in [5.74, 6) is 1.50. The molecule has 1 aromatic carbocycles. The van der Waals surface area contributed by atoms with Gasteiger partial charge in [0.05, 0.1) is 7.11 Å². The second-order valence-electron chi connectivity index (χ2n) is 4.99. The highest BCUT2D eigenvalue weighted by Crippen LogP contribution is 2.36. The molecule has 0 bridgehead atoms. The lowest BCUT2D eigenvalue weighted by molar-refractivity contribution is 0.102. The molecular formula is C15H24N2O. The molecule has 1 aromatic rings. The Balaban J connectivity index is 2.29. The van der Waals surface area contributed by atoms with E-state index in [4.69, 9.17) is 10.5 Å². The van der Waals surface area contributed by atoms with E-state index in [-0.39, 0.29) is 0 Å². The third-order valence-electron chi connectivity index (χ3n) is 4.00. The number of ether oxygens (including phenoxy) is 1. The van der Waals surface area contributed by atoms with Gasteiger partial charge in [-0.05, 0) is 56.1 Å². The Morgan fingerprint density at radius 1 is 1.44 bits per heavy atom. The Labute approximate surface area is 110 Å². The Kier molecular flexibility index (Phi) is 4.61. The van der Waals surface area contributed by atoms with E-state index in [1.807, 2.05) is 6.07 Å². The van der Waals surface area contributed by atoms with Gasteiger partial charge >= 0.3 is 0 Å². The minimum atomic E-state index is 0.448. The van der Waals surface area contributed by atoms with Crippen LogP contribution in [-0.4, -0.2) is 31.6 Å². The summed E-state index contributed by atoms with van der Waals surface area (Å²) in [4.78, 5) is 2.54. The zero-order chi connectivity index (χ0) is 13.0. The van der Waals surface area contributed by atoms with Gasteiger partial charge in [0.2, 0.25) is 0 Å². The zero-order valence-corrected chi connectivity index (χ0v) is 11.4. The molecule has 3 heteroatoms. The molecule has 0 saturated carbocycles. The average molecular weight is 248 g/mol. The molecule has 18 heavy (non-hydrogen) atoms. The first-order valence-electron chi connectivity index (χ1n) is 6.88. The standard InChI is InChI=1S/C15H24N2O/c1-3-17-9-5-7-13(11-16)15(17)12-6-4-8-14(10-12)18-2/h4,6,8,10,13,15H,3,5,7,9,11,16H2,1-2H3. The monoisotopic (exact) mass is 248 g/mol. The third kappa shape index (κ3) is 2.68. The van der Waals surface area contributed by atoms with E-state index in [0.717, 1.165) is 18.8 Å².